The van der Waals surface area contributed by atoms with Gasteiger partial charge in [-0.25, -0.2) is 28.1 Å². The number of sulfone groups is 1. The molecule has 3 aromatic heterocycles. The highest BCUT2D eigenvalue weighted by Gasteiger charge is 2.18. The molecule has 3 aromatic carbocycles. The van der Waals surface area contributed by atoms with Crippen LogP contribution in [0.4, 0.5) is 5.95 Å². The maximum atomic E-state index is 13.9. The Morgan fingerprint density at radius 1 is 0.850 bits per heavy atom. The van der Waals surface area contributed by atoms with Crippen LogP contribution in [0.1, 0.15) is 0 Å². The zero-order valence-corrected chi connectivity index (χ0v) is 22.5. The number of fused-ring (bicyclic) bond motifs is 1. The van der Waals surface area contributed by atoms with E-state index in [0.717, 1.165) is 17.4 Å². The second kappa shape index (κ2) is 9.70. The fraction of sp³-hybridized carbons (Fsp3) is 0.0357. The zero-order chi connectivity index (χ0) is 28.0. The van der Waals surface area contributed by atoms with Crippen molar-refractivity contribution in [2.45, 2.75) is 4.90 Å². The van der Waals surface area contributed by atoms with Gasteiger partial charge in [0.2, 0.25) is 5.95 Å². The number of benzene rings is 3. The van der Waals surface area contributed by atoms with Gasteiger partial charge in [0.25, 0.3) is 5.56 Å². The van der Waals surface area contributed by atoms with E-state index in [4.69, 9.17) is 22.3 Å². The summed E-state index contributed by atoms with van der Waals surface area (Å²) in [6.45, 7) is 0. The quantitative estimate of drug-likeness (QED) is 0.323. The van der Waals surface area contributed by atoms with Crippen molar-refractivity contribution in [3.05, 3.63) is 107 Å². The molecule has 6 aromatic rings. The summed E-state index contributed by atoms with van der Waals surface area (Å²) >= 11 is 6.11. The van der Waals surface area contributed by atoms with Crippen LogP contribution in [-0.2, 0) is 9.84 Å². The molecule has 40 heavy (non-hydrogen) atoms. The predicted octanol–water partition coefficient (Wildman–Crippen LogP) is 4.33. The van der Waals surface area contributed by atoms with Gasteiger partial charge in [-0.05, 0) is 48.0 Å². The molecule has 0 atom stereocenters. The largest absolute Gasteiger partial charge is 0.368 e. The van der Waals surface area contributed by atoms with E-state index in [0.29, 0.717) is 27.8 Å². The molecule has 0 aliphatic rings. The molecule has 0 fully saturated rings. The average Bonchev–Trinajstić information content (AvgIpc) is 3.39. The van der Waals surface area contributed by atoms with Crippen molar-refractivity contribution in [1.29, 1.82) is 0 Å². The lowest BCUT2D eigenvalue weighted by atomic mass is 10.1. The molecule has 0 bridgehead atoms. The van der Waals surface area contributed by atoms with Gasteiger partial charge in [-0.15, -0.1) is 5.10 Å². The van der Waals surface area contributed by atoms with E-state index in [1.807, 2.05) is 24.3 Å². The fourth-order valence-electron chi connectivity index (χ4n) is 4.28. The van der Waals surface area contributed by atoms with Gasteiger partial charge in [-0.1, -0.05) is 41.9 Å². The molecule has 198 valence electrons. The van der Waals surface area contributed by atoms with Gasteiger partial charge in [-0.2, -0.15) is 0 Å². The Labute approximate surface area is 233 Å². The van der Waals surface area contributed by atoms with Crippen molar-refractivity contribution in [3.63, 3.8) is 0 Å². The van der Waals surface area contributed by atoms with Crippen molar-refractivity contribution in [1.82, 2.24) is 29.3 Å². The van der Waals surface area contributed by atoms with Gasteiger partial charge < -0.3 is 5.73 Å². The molecule has 0 spiro atoms. The van der Waals surface area contributed by atoms with E-state index < -0.39 is 9.84 Å². The molecule has 0 radical (unpaired) electrons. The fourth-order valence-corrected chi connectivity index (χ4v) is 5.06. The Hall–Kier alpha value is -4.87. The normalized spacial score (nSPS) is 11.7. The number of nitrogens with zero attached hydrogens (tertiary/aromatic N) is 6. The highest BCUT2D eigenvalue weighted by atomic mass is 35.5. The molecule has 0 aliphatic carbocycles. The van der Waals surface area contributed by atoms with Crippen LogP contribution in [0.5, 0.6) is 0 Å². The smallest absolute Gasteiger partial charge is 0.269 e. The first-order chi connectivity index (χ1) is 19.2. The lowest BCUT2D eigenvalue weighted by molar-refractivity contribution is 0.601. The minimum atomic E-state index is -3.43. The first-order valence-electron chi connectivity index (χ1n) is 11.9. The topological polar surface area (TPSA) is 139 Å². The molecule has 0 aliphatic heterocycles. The summed E-state index contributed by atoms with van der Waals surface area (Å²) in [4.78, 5) is 26.9. The van der Waals surface area contributed by atoms with E-state index >= 15 is 0 Å². The molecule has 6 rings (SSSR count). The van der Waals surface area contributed by atoms with Gasteiger partial charge in [0.05, 0.1) is 16.3 Å². The van der Waals surface area contributed by atoms with Crippen LogP contribution in [0, 0.1) is 0 Å². The minimum Gasteiger partial charge on any atom is -0.368 e. The van der Waals surface area contributed by atoms with Crippen molar-refractivity contribution >= 4 is 38.4 Å². The van der Waals surface area contributed by atoms with Gasteiger partial charge in [-0.3, -0.25) is 9.36 Å². The molecule has 2 N–H and O–H groups in total. The molecule has 12 heteroatoms. The van der Waals surface area contributed by atoms with Crippen LogP contribution in [0.3, 0.4) is 0 Å². The lowest BCUT2D eigenvalue weighted by Crippen LogP contribution is -2.21. The average molecular weight is 570 g/mol. The number of anilines is 1. The summed E-state index contributed by atoms with van der Waals surface area (Å²) in [5.74, 6) is 0.558. The zero-order valence-electron chi connectivity index (χ0n) is 20.9. The first kappa shape index (κ1) is 25.4. The molecule has 3 heterocycles. The second-order valence-corrected chi connectivity index (χ2v) is 11.5. The second-order valence-electron chi connectivity index (χ2n) is 9.04. The predicted molar refractivity (Wildman–Crippen MR) is 153 cm³/mol. The summed E-state index contributed by atoms with van der Waals surface area (Å²) in [5, 5.41) is 5.32. The van der Waals surface area contributed by atoms with Crippen molar-refractivity contribution < 1.29 is 8.42 Å². The summed E-state index contributed by atoms with van der Waals surface area (Å²) < 4.78 is 27.1. The van der Waals surface area contributed by atoms with E-state index in [1.165, 1.54) is 21.4 Å². The lowest BCUT2D eigenvalue weighted by Gasteiger charge is -2.13. The molecule has 0 saturated carbocycles. The van der Waals surface area contributed by atoms with Crippen LogP contribution in [0.25, 0.3) is 44.9 Å². The third-order valence-corrected chi connectivity index (χ3v) is 7.66. The third-order valence-electron chi connectivity index (χ3n) is 6.30. The number of nitrogen functional groups attached to an aromatic ring is 1. The number of nitrogens with two attached hydrogens (primary N) is 1. The van der Waals surface area contributed by atoms with Gasteiger partial charge >= 0.3 is 0 Å². The Kier molecular flexibility index (Phi) is 6.16. The van der Waals surface area contributed by atoms with Gasteiger partial charge in [0.1, 0.15) is 11.2 Å². The molecular weight excluding hydrogens is 550 g/mol. The summed E-state index contributed by atoms with van der Waals surface area (Å²) in [6.07, 6.45) is 5.95. The number of hydrogen-bond donors (Lipinski definition) is 1. The van der Waals surface area contributed by atoms with E-state index in [9.17, 15) is 13.2 Å². The van der Waals surface area contributed by atoms with Crippen LogP contribution >= 0.6 is 11.6 Å². The molecule has 0 saturated heterocycles. The SMILES string of the molecule is CS(=O)(=O)c1cccc(-n2cc3c(=O)n(-c4ccc(Cl)cc4)c(-c4ccc(-c5cnc(N)nc5)cc4)nc3n2)c1. The molecule has 0 unspecified atom stereocenters. The van der Waals surface area contributed by atoms with Crippen LogP contribution in [-0.4, -0.2) is 44.0 Å². The van der Waals surface area contributed by atoms with E-state index in [-0.39, 0.29) is 27.4 Å². The van der Waals surface area contributed by atoms with Crippen LogP contribution in [0.2, 0.25) is 5.02 Å². The van der Waals surface area contributed by atoms with E-state index in [2.05, 4.69) is 15.1 Å². The highest BCUT2D eigenvalue weighted by molar-refractivity contribution is 7.90. The third kappa shape index (κ3) is 4.72. The Morgan fingerprint density at radius 3 is 2.20 bits per heavy atom. The minimum absolute atomic E-state index is 0.142. The van der Waals surface area contributed by atoms with E-state index in [1.54, 1.807) is 55.0 Å². The maximum Gasteiger partial charge on any atom is 0.269 e. The molecule has 0 amide bonds. The van der Waals surface area contributed by atoms with Crippen LogP contribution < -0.4 is 11.3 Å². The Bertz CT molecular complexity index is 2050. The summed E-state index contributed by atoms with van der Waals surface area (Å²) in [7, 11) is -3.43. The number of halogens is 1. The van der Waals surface area contributed by atoms with Gasteiger partial charge in [0, 0.05) is 41.0 Å². The Morgan fingerprint density at radius 2 is 1.52 bits per heavy atom. The number of rotatable bonds is 5. The maximum absolute atomic E-state index is 13.9. The van der Waals surface area contributed by atoms with Crippen molar-refractivity contribution in [2.24, 2.45) is 0 Å². The highest BCUT2D eigenvalue weighted by Crippen LogP contribution is 2.27. The molecule has 10 nitrogen and oxygen atoms in total. The number of hydrogen-bond acceptors (Lipinski definition) is 8. The van der Waals surface area contributed by atoms with Crippen molar-refractivity contribution in [3.8, 4) is 33.9 Å². The molecular formula is C28H20ClN7O3S. The number of aromatic nitrogens is 6. The summed E-state index contributed by atoms with van der Waals surface area (Å²) in [6, 6.07) is 20.6. The summed E-state index contributed by atoms with van der Waals surface area (Å²) in [5.41, 5.74) is 8.84. The van der Waals surface area contributed by atoms with Crippen LogP contribution in [0.15, 0.2) is 101 Å². The standard InChI is InChI=1S/C28H20ClN7O3S/c1-40(38,39)23-4-2-3-22(13-23)35-16-24-25(34-35)33-26(36(27(24)37)21-11-9-20(29)10-12-21)18-7-5-17(6-8-18)19-14-31-28(30)32-15-19/h2-16H,1H3,(H2,30,31,32). The Balaban J connectivity index is 1.53. The van der Waals surface area contributed by atoms with Gasteiger partial charge in [0.15, 0.2) is 15.5 Å². The first-order valence-corrected chi connectivity index (χ1v) is 14.2. The monoisotopic (exact) mass is 569 g/mol. The van der Waals surface area contributed by atoms with Crippen molar-refractivity contribution in [2.75, 3.05) is 12.0 Å².